The van der Waals surface area contributed by atoms with Crippen molar-refractivity contribution in [3.8, 4) is 0 Å². The maximum atomic E-state index is 12.8. The van der Waals surface area contributed by atoms with Gasteiger partial charge in [0.1, 0.15) is 5.82 Å². The van der Waals surface area contributed by atoms with Gasteiger partial charge in [-0.3, -0.25) is 0 Å². The van der Waals surface area contributed by atoms with Gasteiger partial charge < -0.3 is 10.2 Å². The van der Waals surface area contributed by atoms with Gasteiger partial charge in [-0.15, -0.1) is 0 Å². The van der Waals surface area contributed by atoms with E-state index in [4.69, 9.17) is 0 Å². The van der Waals surface area contributed by atoms with Gasteiger partial charge >= 0.3 is 0 Å². The third kappa shape index (κ3) is 2.60. The molecule has 1 heterocycles. The van der Waals surface area contributed by atoms with Gasteiger partial charge in [0.25, 0.3) is 0 Å². The van der Waals surface area contributed by atoms with Crippen LogP contribution in [0, 0.1) is 5.82 Å². The molecule has 1 aliphatic rings. The van der Waals surface area contributed by atoms with Gasteiger partial charge in [-0.25, -0.2) is 4.39 Å². The number of hydrogen-bond donors (Lipinski definition) is 1. The first-order valence-electron chi connectivity index (χ1n) is 5.85. The second-order valence-electron chi connectivity index (χ2n) is 4.62. The quantitative estimate of drug-likeness (QED) is 0.818. The monoisotopic (exact) mass is 222 g/mol. The number of nitrogens with zero attached hydrogens (tertiary/aromatic N) is 1. The molecule has 2 nitrogen and oxygen atoms in total. The highest BCUT2D eigenvalue weighted by Crippen LogP contribution is 2.14. The highest BCUT2D eigenvalue weighted by atomic mass is 19.1. The minimum Gasteiger partial charge on any atom is -0.311 e. The molecule has 0 spiro atoms. The van der Waals surface area contributed by atoms with E-state index in [1.54, 1.807) is 0 Å². The normalized spacial score (nSPS) is 26.9. The zero-order valence-corrected chi connectivity index (χ0v) is 9.91. The number of rotatable bonds is 2. The topological polar surface area (TPSA) is 15.3 Å². The molecule has 2 unspecified atom stereocenters. The molecule has 0 saturated carbocycles. The van der Waals surface area contributed by atoms with Crippen LogP contribution in [0.1, 0.15) is 12.5 Å². The zero-order chi connectivity index (χ0) is 11.5. The average Bonchev–Trinajstić information content (AvgIpc) is 2.26. The first kappa shape index (κ1) is 11.6. The van der Waals surface area contributed by atoms with Crippen molar-refractivity contribution in [2.24, 2.45) is 0 Å². The maximum Gasteiger partial charge on any atom is 0.123 e. The smallest absolute Gasteiger partial charge is 0.123 e. The summed E-state index contributed by atoms with van der Waals surface area (Å²) in [5.74, 6) is -0.160. The van der Waals surface area contributed by atoms with Crippen molar-refractivity contribution in [3.63, 3.8) is 0 Å². The van der Waals surface area contributed by atoms with Crippen LogP contribution >= 0.6 is 0 Å². The Balaban J connectivity index is 2.04. The van der Waals surface area contributed by atoms with Gasteiger partial charge in [0.2, 0.25) is 0 Å². The molecule has 0 aromatic heterocycles. The molecule has 2 atom stereocenters. The zero-order valence-electron chi connectivity index (χ0n) is 9.91. The van der Waals surface area contributed by atoms with E-state index < -0.39 is 0 Å². The van der Waals surface area contributed by atoms with Gasteiger partial charge in [-0.05, 0) is 38.1 Å². The molecule has 0 radical (unpaired) electrons. The highest BCUT2D eigenvalue weighted by Gasteiger charge is 2.25. The Labute approximate surface area is 96.5 Å². The first-order chi connectivity index (χ1) is 7.66. The highest BCUT2D eigenvalue weighted by molar-refractivity contribution is 5.18. The number of likely N-dealkylation sites (N-methyl/N-ethyl adjacent to an activating group) is 1. The fourth-order valence-corrected chi connectivity index (χ4v) is 2.35. The van der Waals surface area contributed by atoms with Gasteiger partial charge in [-0.2, -0.15) is 0 Å². The Bertz CT molecular complexity index is 326. The summed E-state index contributed by atoms with van der Waals surface area (Å²) in [5.41, 5.74) is 1.20. The summed E-state index contributed by atoms with van der Waals surface area (Å²) in [6.07, 6.45) is 0.977. The van der Waals surface area contributed by atoms with Crippen molar-refractivity contribution in [1.82, 2.24) is 10.2 Å². The summed E-state index contributed by atoms with van der Waals surface area (Å²) in [6, 6.07) is 7.82. The molecule has 3 heteroatoms. The fraction of sp³-hybridized carbons (Fsp3) is 0.538. The summed E-state index contributed by atoms with van der Waals surface area (Å²) in [4.78, 5) is 2.38. The van der Waals surface area contributed by atoms with E-state index in [1.807, 2.05) is 12.1 Å². The minimum atomic E-state index is -0.160. The molecule has 16 heavy (non-hydrogen) atoms. The molecule has 1 N–H and O–H groups in total. The Morgan fingerprint density at radius 2 is 2.06 bits per heavy atom. The molecular weight excluding hydrogens is 203 g/mol. The van der Waals surface area contributed by atoms with E-state index in [1.165, 1.54) is 17.7 Å². The molecule has 0 aliphatic carbocycles. The maximum absolute atomic E-state index is 12.8. The summed E-state index contributed by atoms with van der Waals surface area (Å²) in [5, 5.41) is 3.48. The number of nitrogens with one attached hydrogen (secondary N) is 1. The minimum absolute atomic E-state index is 0.160. The first-order valence-corrected chi connectivity index (χ1v) is 5.85. The summed E-state index contributed by atoms with van der Waals surface area (Å²) in [7, 11) is 2.16. The molecule has 2 rings (SSSR count). The van der Waals surface area contributed by atoms with E-state index in [-0.39, 0.29) is 5.82 Å². The molecule has 1 fully saturated rings. The Kier molecular flexibility index (Phi) is 3.56. The summed E-state index contributed by atoms with van der Waals surface area (Å²) in [6.45, 7) is 4.34. The molecule has 0 bridgehead atoms. The van der Waals surface area contributed by atoms with Crippen molar-refractivity contribution in [3.05, 3.63) is 35.6 Å². The van der Waals surface area contributed by atoms with E-state index in [9.17, 15) is 4.39 Å². The van der Waals surface area contributed by atoms with Gasteiger partial charge in [0.15, 0.2) is 0 Å². The molecule has 1 aliphatic heterocycles. The van der Waals surface area contributed by atoms with Crippen LogP contribution in [0.2, 0.25) is 0 Å². The summed E-state index contributed by atoms with van der Waals surface area (Å²) < 4.78 is 12.8. The fourth-order valence-electron chi connectivity index (χ4n) is 2.35. The van der Waals surface area contributed by atoms with Crippen LogP contribution < -0.4 is 5.32 Å². The van der Waals surface area contributed by atoms with Gasteiger partial charge in [-0.1, -0.05) is 12.1 Å². The lowest BCUT2D eigenvalue weighted by molar-refractivity contribution is 0.157. The standard InChI is InChI=1S/C13H19FN2/c1-10-13(16(2)8-7-15-10)9-11-3-5-12(14)6-4-11/h3-6,10,13,15H,7-9H2,1-2H3. The molecule has 1 aromatic rings. The molecule has 0 amide bonds. The van der Waals surface area contributed by atoms with E-state index >= 15 is 0 Å². The largest absolute Gasteiger partial charge is 0.311 e. The van der Waals surface area contributed by atoms with Crippen molar-refractivity contribution in [2.75, 3.05) is 20.1 Å². The van der Waals surface area contributed by atoms with Crippen LogP contribution in [-0.4, -0.2) is 37.1 Å². The van der Waals surface area contributed by atoms with E-state index in [0.717, 1.165) is 19.5 Å². The second-order valence-corrected chi connectivity index (χ2v) is 4.62. The Morgan fingerprint density at radius 3 is 2.69 bits per heavy atom. The Morgan fingerprint density at radius 1 is 1.38 bits per heavy atom. The third-order valence-corrected chi connectivity index (χ3v) is 3.43. The van der Waals surface area contributed by atoms with Crippen molar-refractivity contribution >= 4 is 0 Å². The Hall–Kier alpha value is -0.930. The van der Waals surface area contributed by atoms with Gasteiger partial charge in [0.05, 0.1) is 0 Å². The predicted molar refractivity (Wildman–Crippen MR) is 64.0 cm³/mol. The number of hydrogen-bond acceptors (Lipinski definition) is 2. The number of halogens is 1. The second kappa shape index (κ2) is 4.93. The molecule has 1 aromatic carbocycles. The molecule has 88 valence electrons. The van der Waals surface area contributed by atoms with Crippen LogP contribution in [0.4, 0.5) is 4.39 Å². The molecule has 1 saturated heterocycles. The molecular formula is C13H19FN2. The van der Waals surface area contributed by atoms with E-state index in [0.29, 0.717) is 12.1 Å². The van der Waals surface area contributed by atoms with Crippen LogP contribution in [0.5, 0.6) is 0 Å². The number of piperazine rings is 1. The van der Waals surface area contributed by atoms with Crippen LogP contribution in [0.15, 0.2) is 24.3 Å². The number of benzene rings is 1. The predicted octanol–water partition coefficient (Wildman–Crippen LogP) is 1.66. The van der Waals surface area contributed by atoms with Crippen molar-refractivity contribution < 1.29 is 4.39 Å². The van der Waals surface area contributed by atoms with Gasteiger partial charge in [0, 0.05) is 25.2 Å². The van der Waals surface area contributed by atoms with Crippen LogP contribution in [0.3, 0.4) is 0 Å². The van der Waals surface area contributed by atoms with Crippen LogP contribution in [-0.2, 0) is 6.42 Å². The lowest BCUT2D eigenvalue weighted by Gasteiger charge is -2.38. The SMILES string of the molecule is CC1NCCN(C)C1Cc1ccc(F)cc1. The lowest BCUT2D eigenvalue weighted by Crippen LogP contribution is -2.55. The van der Waals surface area contributed by atoms with Crippen molar-refractivity contribution in [2.45, 2.75) is 25.4 Å². The average molecular weight is 222 g/mol. The van der Waals surface area contributed by atoms with E-state index in [2.05, 4.69) is 24.2 Å². The lowest BCUT2D eigenvalue weighted by atomic mass is 9.97. The van der Waals surface area contributed by atoms with Crippen molar-refractivity contribution in [1.29, 1.82) is 0 Å². The summed E-state index contributed by atoms with van der Waals surface area (Å²) >= 11 is 0. The third-order valence-electron chi connectivity index (χ3n) is 3.43. The van der Waals surface area contributed by atoms with Crippen LogP contribution in [0.25, 0.3) is 0 Å².